The third kappa shape index (κ3) is 4.86. The van der Waals surface area contributed by atoms with Gasteiger partial charge >= 0.3 is 0 Å². The number of hydrogen-bond acceptors (Lipinski definition) is 5. The number of likely N-dealkylation sites (tertiary alicyclic amines) is 1. The lowest BCUT2D eigenvalue weighted by Gasteiger charge is -2.28. The third-order valence-electron chi connectivity index (χ3n) is 6.49. The highest BCUT2D eigenvalue weighted by atomic mass is 35.5. The van der Waals surface area contributed by atoms with Crippen LogP contribution in [0, 0.1) is 12.8 Å². The Hall–Kier alpha value is -3.16. The number of benzene rings is 2. The fourth-order valence-electron chi connectivity index (χ4n) is 4.41. The average molecular weight is 478 g/mol. The fourth-order valence-corrected chi connectivity index (χ4v) is 4.59. The van der Waals surface area contributed by atoms with Crippen molar-refractivity contribution in [1.29, 1.82) is 0 Å². The molecule has 4 aromatic rings. The number of aromatic nitrogens is 3. The molecule has 8 heteroatoms. The number of halogens is 1. The number of carbonyl (C=O) groups is 1. The summed E-state index contributed by atoms with van der Waals surface area (Å²) in [4.78, 5) is 15.1. The molecular formula is C26H28ClN5O2. The van der Waals surface area contributed by atoms with Gasteiger partial charge in [0.25, 0.3) is 0 Å². The van der Waals surface area contributed by atoms with Crippen LogP contribution in [0.1, 0.15) is 31.2 Å². The highest BCUT2D eigenvalue weighted by Gasteiger charge is 2.20. The summed E-state index contributed by atoms with van der Waals surface area (Å²) in [5.74, 6) is 1.73. The van der Waals surface area contributed by atoms with Crippen molar-refractivity contribution in [2.45, 2.75) is 39.8 Å². The quantitative estimate of drug-likeness (QED) is 0.395. The summed E-state index contributed by atoms with van der Waals surface area (Å²) >= 11 is 6.19. The standard InChI is InChI=1S/C26H28ClN5O2/c1-17-9-11-31(12-10-17)16-25-29-30-26(34-25)21-14-32(23-6-4-3-5-20(21)23)15-24(33)28-19-8-7-18(2)22(27)13-19/h3-8,13-14,17H,9-12,15-16H2,1-2H3,(H,28,33). The van der Waals surface area contributed by atoms with E-state index in [1.54, 1.807) is 6.07 Å². The van der Waals surface area contributed by atoms with Crippen LogP contribution in [0.5, 0.6) is 0 Å². The Balaban J connectivity index is 1.35. The van der Waals surface area contributed by atoms with Gasteiger partial charge in [-0.2, -0.15) is 0 Å². The summed E-state index contributed by atoms with van der Waals surface area (Å²) in [7, 11) is 0. The fraction of sp³-hybridized carbons (Fsp3) is 0.346. The number of aryl methyl sites for hydroxylation is 1. The van der Waals surface area contributed by atoms with Gasteiger partial charge in [-0.3, -0.25) is 9.69 Å². The van der Waals surface area contributed by atoms with Crippen molar-refractivity contribution in [3.63, 3.8) is 0 Å². The molecule has 1 aliphatic heterocycles. The van der Waals surface area contributed by atoms with Crippen molar-refractivity contribution < 1.29 is 9.21 Å². The van der Waals surface area contributed by atoms with Gasteiger partial charge in [-0.05, 0) is 62.5 Å². The predicted octanol–water partition coefficient (Wildman–Crippen LogP) is 5.52. The average Bonchev–Trinajstić information content (AvgIpc) is 3.43. The molecule has 5 rings (SSSR count). The van der Waals surface area contributed by atoms with Gasteiger partial charge in [0, 0.05) is 27.8 Å². The number of hydrogen-bond donors (Lipinski definition) is 1. The van der Waals surface area contributed by atoms with E-state index in [0.29, 0.717) is 29.0 Å². The molecule has 0 bridgehead atoms. The number of rotatable bonds is 6. The van der Waals surface area contributed by atoms with Crippen molar-refractivity contribution >= 4 is 34.1 Å². The van der Waals surface area contributed by atoms with Gasteiger partial charge in [-0.1, -0.05) is 42.8 Å². The van der Waals surface area contributed by atoms with E-state index in [1.165, 1.54) is 12.8 Å². The lowest BCUT2D eigenvalue weighted by atomic mass is 9.99. The molecule has 1 fully saturated rings. The topological polar surface area (TPSA) is 76.2 Å². The zero-order valence-electron chi connectivity index (χ0n) is 19.4. The molecule has 0 spiro atoms. The van der Waals surface area contributed by atoms with Gasteiger partial charge in [0.05, 0.1) is 12.1 Å². The first-order valence-corrected chi connectivity index (χ1v) is 12.0. The van der Waals surface area contributed by atoms with Gasteiger partial charge < -0.3 is 14.3 Å². The second-order valence-corrected chi connectivity index (χ2v) is 9.57. The summed E-state index contributed by atoms with van der Waals surface area (Å²) in [5.41, 5.74) is 3.40. The monoisotopic (exact) mass is 477 g/mol. The van der Waals surface area contributed by atoms with Crippen LogP contribution in [-0.2, 0) is 17.9 Å². The van der Waals surface area contributed by atoms with Gasteiger partial charge in [0.1, 0.15) is 6.54 Å². The summed E-state index contributed by atoms with van der Waals surface area (Å²) in [6.45, 7) is 7.16. The molecule has 176 valence electrons. The molecule has 2 aromatic carbocycles. The summed E-state index contributed by atoms with van der Waals surface area (Å²) < 4.78 is 7.96. The van der Waals surface area contributed by atoms with Crippen molar-refractivity contribution in [3.05, 3.63) is 65.1 Å². The first-order valence-electron chi connectivity index (χ1n) is 11.7. The minimum Gasteiger partial charge on any atom is -0.419 e. The molecule has 0 unspecified atom stereocenters. The van der Waals surface area contributed by atoms with Gasteiger partial charge in [0.15, 0.2) is 0 Å². The zero-order valence-corrected chi connectivity index (χ0v) is 20.2. The molecule has 3 heterocycles. The predicted molar refractivity (Wildman–Crippen MR) is 134 cm³/mol. The van der Waals surface area contributed by atoms with Crippen LogP contribution in [0.2, 0.25) is 5.02 Å². The van der Waals surface area contributed by atoms with Gasteiger partial charge in [0.2, 0.25) is 17.7 Å². The number of piperidine rings is 1. The molecule has 1 amide bonds. The van der Waals surface area contributed by atoms with E-state index in [1.807, 2.05) is 54.1 Å². The highest BCUT2D eigenvalue weighted by molar-refractivity contribution is 6.31. The maximum absolute atomic E-state index is 12.8. The van der Waals surface area contributed by atoms with E-state index >= 15 is 0 Å². The number of fused-ring (bicyclic) bond motifs is 1. The maximum Gasteiger partial charge on any atom is 0.249 e. The Kier molecular flexibility index (Phi) is 6.39. The molecule has 34 heavy (non-hydrogen) atoms. The Morgan fingerprint density at radius 3 is 2.76 bits per heavy atom. The number of nitrogens with zero attached hydrogens (tertiary/aromatic N) is 4. The Morgan fingerprint density at radius 2 is 1.97 bits per heavy atom. The number of anilines is 1. The Morgan fingerprint density at radius 1 is 1.18 bits per heavy atom. The number of para-hydroxylation sites is 1. The molecule has 2 aromatic heterocycles. The number of nitrogens with one attached hydrogen (secondary N) is 1. The van der Waals surface area contributed by atoms with E-state index in [2.05, 4.69) is 27.3 Å². The minimum absolute atomic E-state index is 0.141. The molecule has 0 saturated carbocycles. The normalized spacial score (nSPS) is 15.1. The van der Waals surface area contributed by atoms with Crippen LogP contribution in [0.3, 0.4) is 0 Å². The second-order valence-electron chi connectivity index (χ2n) is 9.16. The summed E-state index contributed by atoms with van der Waals surface area (Å²) in [6.07, 6.45) is 4.31. The van der Waals surface area contributed by atoms with Crippen molar-refractivity contribution in [3.8, 4) is 11.5 Å². The largest absolute Gasteiger partial charge is 0.419 e. The SMILES string of the molecule is Cc1ccc(NC(=O)Cn2cc(-c3nnc(CN4CCC(C)CC4)o3)c3ccccc32)cc1Cl. The van der Waals surface area contributed by atoms with E-state index in [4.69, 9.17) is 16.0 Å². The zero-order chi connectivity index (χ0) is 23.7. The molecular weight excluding hydrogens is 450 g/mol. The molecule has 1 saturated heterocycles. The van der Waals surface area contributed by atoms with Crippen molar-refractivity contribution in [1.82, 2.24) is 19.7 Å². The van der Waals surface area contributed by atoms with Crippen molar-refractivity contribution in [2.75, 3.05) is 18.4 Å². The van der Waals surface area contributed by atoms with E-state index < -0.39 is 0 Å². The van der Waals surface area contributed by atoms with E-state index in [-0.39, 0.29) is 12.5 Å². The lowest BCUT2D eigenvalue weighted by molar-refractivity contribution is -0.116. The van der Waals surface area contributed by atoms with Crippen LogP contribution < -0.4 is 5.32 Å². The second kappa shape index (κ2) is 9.60. The van der Waals surface area contributed by atoms with E-state index in [0.717, 1.165) is 41.0 Å². The van der Waals surface area contributed by atoms with Gasteiger partial charge in [-0.25, -0.2) is 0 Å². The smallest absolute Gasteiger partial charge is 0.249 e. The minimum atomic E-state index is -0.141. The molecule has 0 radical (unpaired) electrons. The molecule has 1 aliphatic rings. The lowest BCUT2D eigenvalue weighted by Crippen LogP contribution is -2.32. The van der Waals surface area contributed by atoms with Crippen molar-refractivity contribution in [2.24, 2.45) is 5.92 Å². The highest BCUT2D eigenvalue weighted by Crippen LogP contribution is 2.30. The van der Waals surface area contributed by atoms with Crippen LogP contribution in [0.15, 0.2) is 53.1 Å². The molecule has 0 atom stereocenters. The maximum atomic E-state index is 12.8. The molecule has 0 aliphatic carbocycles. The Bertz CT molecular complexity index is 1320. The van der Waals surface area contributed by atoms with Crippen LogP contribution in [0.4, 0.5) is 5.69 Å². The van der Waals surface area contributed by atoms with E-state index in [9.17, 15) is 4.79 Å². The van der Waals surface area contributed by atoms with Crippen LogP contribution in [0.25, 0.3) is 22.4 Å². The molecule has 1 N–H and O–H groups in total. The Labute approximate surface area is 203 Å². The van der Waals surface area contributed by atoms with Crippen LogP contribution in [-0.4, -0.2) is 38.7 Å². The first-order chi connectivity index (χ1) is 16.5. The summed E-state index contributed by atoms with van der Waals surface area (Å²) in [5, 5.41) is 13.1. The molecule has 7 nitrogen and oxygen atoms in total. The van der Waals surface area contributed by atoms with Crippen LogP contribution >= 0.6 is 11.6 Å². The number of carbonyl (C=O) groups excluding carboxylic acids is 1. The van der Waals surface area contributed by atoms with Gasteiger partial charge in [-0.15, -0.1) is 10.2 Å². The first kappa shape index (κ1) is 22.6. The summed E-state index contributed by atoms with van der Waals surface area (Å²) in [6, 6.07) is 13.4. The third-order valence-corrected chi connectivity index (χ3v) is 6.90. The number of amides is 1.